The summed E-state index contributed by atoms with van der Waals surface area (Å²) < 4.78 is 33.5. The predicted molar refractivity (Wildman–Crippen MR) is 290 cm³/mol. The van der Waals surface area contributed by atoms with Crippen molar-refractivity contribution in [3.05, 3.63) is 134 Å². The largest absolute Gasteiger partial charge is 0.480 e. The van der Waals surface area contributed by atoms with Gasteiger partial charge in [0.2, 0.25) is 0 Å². The van der Waals surface area contributed by atoms with Crippen molar-refractivity contribution in [1.82, 2.24) is 0 Å². The zero-order chi connectivity index (χ0) is 50.4. The summed E-state index contributed by atoms with van der Waals surface area (Å²) in [5.74, 6) is -1.82. The number of aliphatic carboxylic acids is 1. The van der Waals surface area contributed by atoms with Crippen LogP contribution in [-0.4, -0.2) is 60.5 Å². The first kappa shape index (κ1) is 65.1. The molecule has 0 aliphatic rings. The van der Waals surface area contributed by atoms with Gasteiger partial charge in [0.15, 0.2) is 0 Å². The minimum Gasteiger partial charge on any atom is -0.480 e. The second-order valence-electron chi connectivity index (χ2n) is 16.9. The number of unbranched alkanes of at least 4 members (excludes halogenated alkanes) is 12. The van der Waals surface area contributed by atoms with E-state index in [-0.39, 0.29) is 13.0 Å². The molecule has 0 rings (SSSR count). The molecule has 0 aromatic carbocycles. The number of allylic oxidation sites excluding steroid dienone is 22. The van der Waals surface area contributed by atoms with Crippen LogP contribution in [0.3, 0.4) is 0 Å². The molecule has 4 N–H and O–H groups in total. The Balaban J connectivity index is 4.25. The Bertz CT molecular complexity index is 1600. The fourth-order valence-corrected chi connectivity index (χ4v) is 7.23. The molecule has 0 heterocycles. The molecule has 3 atom stereocenters. The van der Waals surface area contributed by atoms with Gasteiger partial charge in [0.05, 0.1) is 19.8 Å². The van der Waals surface area contributed by atoms with E-state index in [1.54, 1.807) is 0 Å². The van der Waals surface area contributed by atoms with Gasteiger partial charge < -0.3 is 25.2 Å². The van der Waals surface area contributed by atoms with Crippen LogP contribution >= 0.6 is 7.82 Å². The Labute approximate surface area is 419 Å². The molecule has 0 aromatic heterocycles. The SMILES string of the molecule is CC/C=C\C/C=C\C/C=C\C/C=C\C/C=C\C/C=C\CCCCCCC(=O)OC(COCCCCCCCCCC/C=C\C/C=C\C/C=C\C/C=C\C/C=C\CC)COP(=O)(O)OCC(N)C(=O)O. The van der Waals surface area contributed by atoms with Crippen LogP contribution in [0, 0.1) is 0 Å². The summed E-state index contributed by atoms with van der Waals surface area (Å²) in [5, 5.41) is 8.94. The monoisotopic (exact) mass is 980 g/mol. The van der Waals surface area contributed by atoms with Crippen LogP contribution in [-0.2, 0) is 32.7 Å². The first-order valence-electron chi connectivity index (χ1n) is 26.2. The summed E-state index contributed by atoms with van der Waals surface area (Å²) in [5.41, 5.74) is 5.38. The quantitative estimate of drug-likeness (QED) is 0.0232. The van der Waals surface area contributed by atoms with Crippen LogP contribution in [0.5, 0.6) is 0 Å². The van der Waals surface area contributed by atoms with Gasteiger partial charge in [-0.05, 0) is 109 Å². The molecule has 11 heteroatoms. The average Bonchev–Trinajstić information content (AvgIpc) is 3.33. The van der Waals surface area contributed by atoms with E-state index >= 15 is 0 Å². The highest BCUT2D eigenvalue weighted by Crippen LogP contribution is 2.43. The van der Waals surface area contributed by atoms with E-state index in [1.165, 1.54) is 32.1 Å². The lowest BCUT2D eigenvalue weighted by Crippen LogP contribution is -2.34. The third-order valence-corrected chi connectivity index (χ3v) is 11.4. The molecule has 0 radical (unpaired) electrons. The van der Waals surface area contributed by atoms with E-state index < -0.39 is 45.1 Å². The normalized spacial score (nSPS) is 14.7. The third-order valence-electron chi connectivity index (χ3n) is 10.4. The minimum atomic E-state index is -4.65. The molecular formula is C58H94NO9P. The molecule has 3 unspecified atom stereocenters. The van der Waals surface area contributed by atoms with E-state index in [0.717, 1.165) is 122 Å². The summed E-state index contributed by atoms with van der Waals surface area (Å²) >= 11 is 0. The molecule has 390 valence electrons. The second kappa shape index (κ2) is 51.9. The zero-order valence-corrected chi connectivity index (χ0v) is 43.7. The zero-order valence-electron chi connectivity index (χ0n) is 42.8. The van der Waals surface area contributed by atoms with Gasteiger partial charge in [-0.2, -0.15) is 0 Å². The molecule has 0 aliphatic carbocycles. The highest BCUT2D eigenvalue weighted by atomic mass is 31.2. The maximum atomic E-state index is 12.7. The molecule has 0 spiro atoms. The number of rotatable bonds is 48. The van der Waals surface area contributed by atoms with Crippen LogP contribution in [0.15, 0.2) is 134 Å². The topological polar surface area (TPSA) is 155 Å². The molecule has 0 amide bonds. The van der Waals surface area contributed by atoms with Gasteiger partial charge in [0, 0.05) is 13.0 Å². The lowest BCUT2D eigenvalue weighted by atomic mass is 10.1. The Morgan fingerprint density at radius 3 is 1.19 bits per heavy atom. The number of carbonyl (C=O) groups excluding carboxylic acids is 1. The molecule has 0 saturated heterocycles. The fraction of sp³-hybridized carbons (Fsp3) is 0.586. The van der Waals surface area contributed by atoms with Crippen molar-refractivity contribution in [2.24, 2.45) is 5.73 Å². The highest BCUT2D eigenvalue weighted by Gasteiger charge is 2.27. The van der Waals surface area contributed by atoms with E-state index in [2.05, 4.69) is 148 Å². The Morgan fingerprint density at radius 2 is 0.797 bits per heavy atom. The Kier molecular flexibility index (Phi) is 49.0. The van der Waals surface area contributed by atoms with E-state index in [1.807, 2.05) is 0 Å². The number of nitrogens with two attached hydrogens (primary N) is 1. The van der Waals surface area contributed by atoms with Gasteiger partial charge >= 0.3 is 19.8 Å². The average molecular weight is 980 g/mol. The minimum absolute atomic E-state index is 0.00970. The Morgan fingerprint density at radius 1 is 0.464 bits per heavy atom. The number of phosphoric ester groups is 1. The summed E-state index contributed by atoms with van der Waals surface area (Å²) in [6.07, 6.45) is 73.6. The number of phosphoric acid groups is 1. The van der Waals surface area contributed by atoms with Crippen molar-refractivity contribution < 1.29 is 42.7 Å². The van der Waals surface area contributed by atoms with Crippen LogP contribution in [0.25, 0.3) is 0 Å². The molecule has 0 aromatic rings. The first-order chi connectivity index (χ1) is 33.7. The van der Waals surface area contributed by atoms with Crippen molar-refractivity contribution in [3.63, 3.8) is 0 Å². The number of hydrogen-bond acceptors (Lipinski definition) is 8. The van der Waals surface area contributed by atoms with E-state index in [0.29, 0.717) is 13.0 Å². The molecule has 0 saturated carbocycles. The fourth-order valence-electron chi connectivity index (χ4n) is 6.46. The molecule has 10 nitrogen and oxygen atoms in total. The van der Waals surface area contributed by atoms with Crippen LogP contribution in [0.1, 0.15) is 181 Å². The smallest absolute Gasteiger partial charge is 0.472 e. The second-order valence-corrected chi connectivity index (χ2v) is 18.3. The van der Waals surface area contributed by atoms with Crippen LogP contribution in [0.2, 0.25) is 0 Å². The van der Waals surface area contributed by atoms with Gasteiger partial charge in [-0.3, -0.25) is 18.6 Å². The van der Waals surface area contributed by atoms with E-state index in [4.69, 9.17) is 29.4 Å². The van der Waals surface area contributed by atoms with Gasteiger partial charge in [-0.25, -0.2) is 4.57 Å². The van der Waals surface area contributed by atoms with Gasteiger partial charge in [-0.15, -0.1) is 0 Å². The van der Waals surface area contributed by atoms with Crippen molar-refractivity contribution in [2.75, 3.05) is 26.4 Å². The maximum Gasteiger partial charge on any atom is 0.472 e. The van der Waals surface area contributed by atoms with Crippen LogP contribution in [0.4, 0.5) is 0 Å². The van der Waals surface area contributed by atoms with Crippen LogP contribution < -0.4 is 5.73 Å². The highest BCUT2D eigenvalue weighted by molar-refractivity contribution is 7.47. The van der Waals surface area contributed by atoms with Gasteiger partial charge in [0.1, 0.15) is 12.1 Å². The molecular weight excluding hydrogens is 886 g/mol. The number of esters is 1. The predicted octanol–water partition coefficient (Wildman–Crippen LogP) is 15.8. The lowest BCUT2D eigenvalue weighted by molar-refractivity contribution is -0.154. The van der Waals surface area contributed by atoms with Crippen molar-refractivity contribution in [2.45, 2.75) is 193 Å². The number of carboxylic acids is 1. The standard InChI is InChI=1S/C58H94NO9P/c1-3-5-7-9-11-13-15-17-19-21-23-25-27-29-31-33-35-37-39-41-43-45-47-49-51-65-52-55(53-66-69(63,64)67-54-56(59)58(61)62)68-57(60)50-48-46-44-42-40-38-36-34-32-30-28-26-24-22-20-18-16-14-12-10-8-6-4-2/h5-8,11-14,17-20,23-26,29-32,36,38,55-56H,3-4,9-10,15-16,21-22,27-28,33-35,37,39-54,59H2,1-2H3,(H,61,62)(H,63,64)/b7-5-,8-6-,13-11-,14-12-,19-17-,20-18-,25-23-,26-24-,31-29-,32-30-,38-36-. The molecule has 0 fully saturated rings. The molecule has 69 heavy (non-hydrogen) atoms. The van der Waals surface area contributed by atoms with E-state index in [9.17, 15) is 19.0 Å². The van der Waals surface area contributed by atoms with Crippen molar-refractivity contribution in [3.8, 4) is 0 Å². The van der Waals surface area contributed by atoms with Gasteiger partial charge in [-0.1, -0.05) is 199 Å². The van der Waals surface area contributed by atoms with Crippen molar-refractivity contribution in [1.29, 1.82) is 0 Å². The third kappa shape index (κ3) is 51.8. The van der Waals surface area contributed by atoms with Gasteiger partial charge in [0.25, 0.3) is 0 Å². The number of ether oxygens (including phenoxy) is 2. The molecule has 0 aliphatic heterocycles. The summed E-state index contributed by atoms with van der Waals surface area (Å²) in [7, 11) is -4.65. The lowest BCUT2D eigenvalue weighted by Gasteiger charge is -2.20. The number of carbonyl (C=O) groups is 2. The summed E-state index contributed by atoms with van der Waals surface area (Å²) in [6.45, 7) is 3.58. The maximum absolute atomic E-state index is 12.7. The molecule has 0 bridgehead atoms. The summed E-state index contributed by atoms with van der Waals surface area (Å²) in [4.78, 5) is 33.7. The first-order valence-corrected chi connectivity index (χ1v) is 27.7. The van der Waals surface area contributed by atoms with Crippen molar-refractivity contribution >= 4 is 19.8 Å². The summed E-state index contributed by atoms with van der Waals surface area (Å²) in [6, 6.07) is -1.49. The Hall–Kier alpha value is -3.89. The number of hydrogen-bond donors (Lipinski definition) is 3. The number of carboxylic acid groups (broad SMARTS) is 1.